The van der Waals surface area contributed by atoms with Crippen LogP contribution < -0.4 is 14.4 Å². The molecule has 116 valence electrons. The van der Waals surface area contributed by atoms with Gasteiger partial charge in [0, 0.05) is 13.2 Å². The summed E-state index contributed by atoms with van der Waals surface area (Å²) in [6, 6.07) is 3.40. The number of nitrogens with zero attached hydrogens (tertiary/aromatic N) is 1. The molecule has 0 aromatic heterocycles. The molecule has 0 saturated heterocycles. The van der Waals surface area contributed by atoms with Gasteiger partial charge in [-0.2, -0.15) is 0 Å². The van der Waals surface area contributed by atoms with E-state index >= 15 is 0 Å². The first-order valence-corrected chi connectivity index (χ1v) is 6.88. The fourth-order valence-corrected chi connectivity index (χ4v) is 2.37. The topological polar surface area (TPSA) is 79.2 Å². The molecule has 0 bridgehead atoms. The summed E-state index contributed by atoms with van der Waals surface area (Å²) in [5.74, 6) is 0.781. The van der Waals surface area contributed by atoms with Gasteiger partial charge in [0.2, 0.25) is 0 Å². The van der Waals surface area contributed by atoms with Gasteiger partial charge < -0.3 is 24.6 Å². The molecule has 6 nitrogen and oxygen atoms in total. The van der Waals surface area contributed by atoms with Crippen LogP contribution in [0.4, 0.5) is 5.69 Å². The van der Waals surface area contributed by atoms with E-state index in [1.165, 1.54) is 7.11 Å². The Bertz CT molecular complexity index is 541. The van der Waals surface area contributed by atoms with Gasteiger partial charge in [0.25, 0.3) is 5.91 Å². The second kappa shape index (κ2) is 5.91. The van der Waals surface area contributed by atoms with Gasteiger partial charge in [-0.05, 0) is 38.0 Å². The molecule has 0 unspecified atom stereocenters. The molecule has 6 heteroatoms. The van der Waals surface area contributed by atoms with E-state index in [9.17, 15) is 9.90 Å². The van der Waals surface area contributed by atoms with Gasteiger partial charge in [0.05, 0.1) is 19.4 Å². The number of aliphatic hydroxyl groups is 2. The Morgan fingerprint density at radius 2 is 2.05 bits per heavy atom. The smallest absolute Gasteiger partial charge is 0.270 e. The van der Waals surface area contributed by atoms with Gasteiger partial charge in [0.15, 0.2) is 17.1 Å². The summed E-state index contributed by atoms with van der Waals surface area (Å²) in [6.07, 6.45) is 0.465. The number of amides is 1. The molecule has 1 amide bonds. The average molecular weight is 295 g/mol. The van der Waals surface area contributed by atoms with Gasteiger partial charge in [-0.3, -0.25) is 4.79 Å². The Kier molecular flexibility index (Phi) is 4.39. The summed E-state index contributed by atoms with van der Waals surface area (Å²) in [6.45, 7) is 3.62. The van der Waals surface area contributed by atoms with E-state index in [2.05, 4.69) is 0 Å². The van der Waals surface area contributed by atoms with Crippen LogP contribution in [0, 0.1) is 0 Å². The zero-order valence-corrected chi connectivity index (χ0v) is 12.5. The standard InChI is InChI=1S/C15H21NO5/c1-15(2)14(19)16(5-4-6-17)11-7-10(9-18)8-12(20-3)13(11)21-15/h7-8,17-18H,4-6,9H2,1-3H3. The van der Waals surface area contributed by atoms with E-state index in [0.29, 0.717) is 35.7 Å². The van der Waals surface area contributed by atoms with E-state index in [0.717, 1.165) is 0 Å². The highest BCUT2D eigenvalue weighted by Crippen LogP contribution is 2.45. The second-order valence-corrected chi connectivity index (χ2v) is 5.45. The van der Waals surface area contributed by atoms with Crippen LogP contribution in [0.2, 0.25) is 0 Å². The van der Waals surface area contributed by atoms with E-state index in [4.69, 9.17) is 14.6 Å². The van der Waals surface area contributed by atoms with Crippen molar-refractivity contribution < 1.29 is 24.5 Å². The molecule has 0 fully saturated rings. The fraction of sp³-hybridized carbons (Fsp3) is 0.533. The van der Waals surface area contributed by atoms with Crippen molar-refractivity contribution in [2.75, 3.05) is 25.2 Å². The molecule has 1 heterocycles. The second-order valence-electron chi connectivity index (χ2n) is 5.45. The molecule has 1 aliphatic rings. The quantitative estimate of drug-likeness (QED) is 0.849. The molecule has 1 aromatic carbocycles. The van der Waals surface area contributed by atoms with Crippen LogP contribution in [-0.4, -0.2) is 42.0 Å². The minimum Gasteiger partial charge on any atom is -0.493 e. The number of carbonyl (C=O) groups is 1. The number of methoxy groups -OCH3 is 1. The number of carbonyl (C=O) groups excluding carboxylic acids is 1. The summed E-state index contributed by atoms with van der Waals surface area (Å²) in [4.78, 5) is 14.1. The first-order valence-electron chi connectivity index (χ1n) is 6.88. The molecule has 0 aliphatic carbocycles. The highest BCUT2D eigenvalue weighted by Gasteiger charge is 2.42. The van der Waals surface area contributed by atoms with Gasteiger partial charge in [-0.15, -0.1) is 0 Å². The molecule has 0 radical (unpaired) electrons. The van der Waals surface area contributed by atoms with Crippen LogP contribution in [0.3, 0.4) is 0 Å². The maximum absolute atomic E-state index is 12.5. The van der Waals surface area contributed by atoms with Gasteiger partial charge in [-0.1, -0.05) is 0 Å². The molecular formula is C15H21NO5. The van der Waals surface area contributed by atoms with E-state index in [-0.39, 0.29) is 19.1 Å². The average Bonchev–Trinajstić information content (AvgIpc) is 2.47. The first kappa shape index (κ1) is 15.6. The largest absolute Gasteiger partial charge is 0.493 e. The fourth-order valence-electron chi connectivity index (χ4n) is 2.37. The Morgan fingerprint density at radius 1 is 1.33 bits per heavy atom. The van der Waals surface area contributed by atoms with Gasteiger partial charge >= 0.3 is 0 Å². The van der Waals surface area contributed by atoms with Crippen molar-refractivity contribution in [2.24, 2.45) is 0 Å². The lowest BCUT2D eigenvalue weighted by atomic mass is 10.0. The van der Waals surface area contributed by atoms with Crippen molar-refractivity contribution in [3.8, 4) is 11.5 Å². The van der Waals surface area contributed by atoms with E-state index in [1.807, 2.05) is 0 Å². The summed E-state index contributed by atoms with van der Waals surface area (Å²) in [5.41, 5.74) is 0.197. The molecule has 21 heavy (non-hydrogen) atoms. The number of benzene rings is 1. The lowest BCUT2D eigenvalue weighted by molar-refractivity contribution is -0.132. The monoisotopic (exact) mass is 295 g/mol. The number of hydrogen-bond donors (Lipinski definition) is 2. The lowest BCUT2D eigenvalue weighted by Crippen LogP contribution is -2.53. The van der Waals surface area contributed by atoms with Crippen molar-refractivity contribution in [1.82, 2.24) is 0 Å². The summed E-state index contributed by atoms with van der Waals surface area (Å²) < 4.78 is 11.1. The van der Waals surface area contributed by atoms with Crippen molar-refractivity contribution >= 4 is 11.6 Å². The predicted octanol–water partition coefficient (Wildman–Crippen LogP) is 1.07. The lowest BCUT2D eigenvalue weighted by Gasteiger charge is -2.39. The van der Waals surface area contributed by atoms with Crippen molar-refractivity contribution in [1.29, 1.82) is 0 Å². The maximum Gasteiger partial charge on any atom is 0.270 e. The van der Waals surface area contributed by atoms with Crippen LogP contribution in [0.15, 0.2) is 12.1 Å². The number of hydrogen-bond acceptors (Lipinski definition) is 5. The normalized spacial score (nSPS) is 16.4. The Balaban J connectivity index is 2.56. The van der Waals surface area contributed by atoms with Gasteiger partial charge in [-0.25, -0.2) is 0 Å². The molecule has 0 atom stereocenters. The van der Waals surface area contributed by atoms with Crippen molar-refractivity contribution in [2.45, 2.75) is 32.5 Å². The summed E-state index contributed by atoms with van der Waals surface area (Å²) in [7, 11) is 1.52. The molecule has 2 rings (SSSR count). The van der Waals surface area contributed by atoms with Crippen LogP contribution in [-0.2, 0) is 11.4 Å². The Labute approximate surface area is 123 Å². The van der Waals surface area contributed by atoms with Crippen molar-refractivity contribution in [3.05, 3.63) is 17.7 Å². The minimum absolute atomic E-state index is 0.00275. The first-order chi connectivity index (χ1) is 9.94. The Morgan fingerprint density at radius 3 is 2.62 bits per heavy atom. The van der Waals surface area contributed by atoms with Crippen molar-refractivity contribution in [3.63, 3.8) is 0 Å². The molecule has 2 N–H and O–H groups in total. The predicted molar refractivity (Wildman–Crippen MR) is 77.7 cm³/mol. The summed E-state index contributed by atoms with van der Waals surface area (Å²) in [5, 5.41) is 18.4. The van der Waals surface area contributed by atoms with E-state index in [1.54, 1.807) is 30.9 Å². The molecular weight excluding hydrogens is 274 g/mol. The zero-order valence-electron chi connectivity index (χ0n) is 12.5. The number of rotatable bonds is 5. The number of fused-ring (bicyclic) bond motifs is 1. The molecule has 1 aromatic rings. The number of ether oxygens (including phenoxy) is 2. The number of anilines is 1. The third kappa shape index (κ3) is 2.82. The van der Waals surface area contributed by atoms with E-state index < -0.39 is 5.60 Å². The molecule has 0 saturated carbocycles. The highest BCUT2D eigenvalue weighted by molar-refractivity contribution is 6.03. The third-order valence-electron chi connectivity index (χ3n) is 3.45. The molecule has 0 spiro atoms. The summed E-state index contributed by atoms with van der Waals surface area (Å²) >= 11 is 0. The zero-order chi connectivity index (χ0) is 15.6. The minimum atomic E-state index is -1.00. The van der Waals surface area contributed by atoms with Crippen LogP contribution in [0.25, 0.3) is 0 Å². The van der Waals surface area contributed by atoms with Crippen LogP contribution in [0.5, 0.6) is 11.5 Å². The Hall–Kier alpha value is -1.79. The SMILES string of the molecule is COc1cc(CO)cc2c1OC(C)(C)C(=O)N2CCCO. The van der Waals surface area contributed by atoms with Crippen LogP contribution >= 0.6 is 0 Å². The van der Waals surface area contributed by atoms with Crippen LogP contribution in [0.1, 0.15) is 25.8 Å². The number of aliphatic hydroxyl groups excluding tert-OH is 2. The maximum atomic E-state index is 12.5. The molecule has 1 aliphatic heterocycles. The third-order valence-corrected chi connectivity index (χ3v) is 3.45. The van der Waals surface area contributed by atoms with Gasteiger partial charge in [0.1, 0.15) is 0 Å². The highest BCUT2D eigenvalue weighted by atomic mass is 16.5.